The van der Waals surface area contributed by atoms with Crippen LogP contribution in [0.25, 0.3) is 0 Å². The van der Waals surface area contributed by atoms with Gasteiger partial charge >= 0.3 is 0 Å². The molecule has 62 valence electrons. The maximum Gasteiger partial charge on any atom is 0.0577 e. The summed E-state index contributed by atoms with van der Waals surface area (Å²) in [4.78, 5) is 3.99. The summed E-state index contributed by atoms with van der Waals surface area (Å²) in [5.74, 6) is 6.06. The zero-order chi connectivity index (χ0) is 8.81. The summed E-state index contributed by atoms with van der Waals surface area (Å²) >= 11 is 0. The van der Waals surface area contributed by atoms with Crippen LogP contribution in [-0.4, -0.2) is 18.6 Å². The molecule has 1 aromatic rings. The Balaban J connectivity index is 2.77. The van der Waals surface area contributed by atoms with Crippen LogP contribution in [0.5, 0.6) is 0 Å². The summed E-state index contributed by atoms with van der Waals surface area (Å²) in [6, 6.07) is 1.93. The molecule has 0 unspecified atom stereocenters. The minimum absolute atomic E-state index is 0.724. The average molecular weight is 160 g/mol. The number of rotatable bonds is 1. The molecule has 0 aliphatic heterocycles. The Labute approximate surface area is 73.0 Å². The van der Waals surface area contributed by atoms with Crippen LogP contribution in [0.3, 0.4) is 0 Å². The number of nitrogens with one attached hydrogen (secondary N) is 1. The molecule has 1 aromatic heterocycles. The molecular weight excluding hydrogens is 148 g/mol. The first-order valence-electron chi connectivity index (χ1n) is 3.88. The molecule has 2 nitrogen and oxygen atoms in total. The lowest BCUT2D eigenvalue weighted by atomic mass is 10.2. The summed E-state index contributed by atoms with van der Waals surface area (Å²) in [5, 5.41) is 2.97. The minimum Gasteiger partial charge on any atom is -0.309 e. The smallest absolute Gasteiger partial charge is 0.0577 e. The Morgan fingerprint density at radius 2 is 2.42 bits per heavy atom. The fraction of sp³-hybridized carbons (Fsp3) is 0.300. The normalized spacial score (nSPS) is 8.83. The van der Waals surface area contributed by atoms with E-state index in [0.717, 1.165) is 17.7 Å². The van der Waals surface area contributed by atoms with Crippen molar-refractivity contribution in [2.75, 3.05) is 13.6 Å². The van der Waals surface area contributed by atoms with Gasteiger partial charge < -0.3 is 5.32 Å². The van der Waals surface area contributed by atoms with Gasteiger partial charge in [-0.2, -0.15) is 0 Å². The molecule has 1 rings (SSSR count). The van der Waals surface area contributed by atoms with E-state index in [9.17, 15) is 0 Å². The number of hydrogen-bond donors (Lipinski definition) is 1. The van der Waals surface area contributed by atoms with Gasteiger partial charge in [0.2, 0.25) is 0 Å². The highest BCUT2D eigenvalue weighted by Gasteiger charge is 1.89. The molecule has 0 atom stereocenters. The molecule has 0 spiro atoms. The number of pyridine rings is 1. The third-order valence-corrected chi connectivity index (χ3v) is 1.51. The maximum absolute atomic E-state index is 3.99. The van der Waals surface area contributed by atoms with Crippen molar-refractivity contribution >= 4 is 0 Å². The Morgan fingerprint density at radius 1 is 1.58 bits per heavy atom. The highest BCUT2D eigenvalue weighted by molar-refractivity contribution is 5.38. The zero-order valence-corrected chi connectivity index (χ0v) is 7.39. The van der Waals surface area contributed by atoms with Crippen LogP contribution >= 0.6 is 0 Å². The summed E-state index contributed by atoms with van der Waals surface area (Å²) in [7, 11) is 1.88. The van der Waals surface area contributed by atoms with Crippen molar-refractivity contribution in [3.8, 4) is 11.8 Å². The van der Waals surface area contributed by atoms with Crippen LogP contribution in [0.2, 0.25) is 0 Å². The van der Waals surface area contributed by atoms with Crippen molar-refractivity contribution in [2.45, 2.75) is 6.92 Å². The van der Waals surface area contributed by atoms with Crippen molar-refractivity contribution in [1.29, 1.82) is 0 Å². The third-order valence-electron chi connectivity index (χ3n) is 1.51. The average Bonchev–Trinajstić information content (AvgIpc) is 2.09. The lowest BCUT2D eigenvalue weighted by Crippen LogP contribution is -2.04. The number of hydrogen-bond acceptors (Lipinski definition) is 2. The van der Waals surface area contributed by atoms with Gasteiger partial charge in [0.1, 0.15) is 0 Å². The maximum atomic E-state index is 3.99. The first kappa shape index (κ1) is 8.76. The molecule has 0 radical (unpaired) electrons. The second-order valence-electron chi connectivity index (χ2n) is 2.52. The molecule has 1 heterocycles. The van der Waals surface area contributed by atoms with Crippen LogP contribution in [0.15, 0.2) is 18.5 Å². The quantitative estimate of drug-likeness (QED) is 0.619. The first-order valence-corrected chi connectivity index (χ1v) is 3.88. The second kappa shape index (κ2) is 4.53. The van der Waals surface area contributed by atoms with Crippen LogP contribution in [0, 0.1) is 18.8 Å². The molecule has 0 aliphatic carbocycles. The van der Waals surface area contributed by atoms with Crippen molar-refractivity contribution < 1.29 is 0 Å². The Hall–Kier alpha value is -1.33. The molecule has 0 bridgehead atoms. The van der Waals surface area contributed by atoms with E-state index >= 15 is 0 Å². The monoisotopic (exact) mass is 160 g/mol. The van der Waals surface area contributed by atoms with Gasteiger partial charge in [-0.15, -0.1) is 0 Å². The van der Waals surface area contributed by atoms with E-state index in [0.29, 0.717) is 0 Å². The van der Waals surface area contributed by atoms with E-state index < -0.39 is 0 Å². The van der Waals surface area contributed by atoms with Gasteiger partial charge in [0.25, 0.3) is 0 Å². The Morgan fingerprint density at radius 3 is 3.08 bits per heavy atom. The Bertz CT molecular complexity index is 307. The number of aryl methyl sites for hydroxylation is 1. The molecule has 0 amide bonds. The minimum atomic E-state index is 0.724. The van der Waals surface area contributed by atoms with Gasteiger partial charge in [0.05, 0.1) is 6.54 Å². The van der Waals surface area contributed by atoms with Crippen molar-refractivity contribution in [1.82, 2.24) is 10.3 Å². The lowest BCUT2D eigenvalue weighted by Gasteiger charge is -1.93. The second-order valence-corrected chi connectivity index (χ2v) is 2.52. The Kier molecular flexibility index (Phi) is 3.31. The van der Waals surface area contributed by atoms with Crippen LogP contribution in [0.4, 0.5) is 0 Å². The molecule has 0 aromatic carbocycles. The molecule has 1 N–H and O–H groups in total. The standard InChI is InChI=1S/C10H12N2/c1-9-8-12-7-5-10(9)4-3-6-11-2/h5,7-8,11H,6H2,1-2H3. The topological polar surface area (TPSA) is 24.9 Å². The number of nitrogens with zero attached hydrogens (tertiary/aromatic N) is 1. The molecule has 12 heavy (non-hydrogen) atoms. The van der Waals surface area contributed by atoms with E-state index in [2.05, 4.69) is 22.1 Å². The molecule has 0 fully saturated rings. The summed E-state index contributed by atoms with van der Waals surface area (Å²) in [5.41, 5.74) is 2.18. The van der Waals surface area contributed by atoms with E-state index in [4.69, 9.17) is 0 Å². The van der Waals surface area contributed by atoms with E-state index in [-0.39, 0.29) is 0 Å². The van der Waals surface area contributed by atoms with E-state index in [1.807, 2.05) is 26.2 Å². The van der Waals surface area contributed by atoms with Crippen LogP contribution in [-0.2, 0) is 0 Å². The van der Waals surface area contributed by atoms with Crippen LogP contribution < -0.4 is 5.32 Å². The number of aromatic nitrogens is 1. The zero-order valence-electron chi connectivity index (χ0n) is 7.39. The van der Waals surface area contributed by atoms with Gasteiger partial charge in [-0.1, -0.05) is 11.8 Å². The van der Waals surface area contributed by atoms with Crippen molar-refractivity contribution in [2.24, 2.45) is 0 Å². The van der Waals surface area contributed by atoms with E-state index in [1.165, 1.54) is 0 Å². The summed E-state index contributed by atoms with van der Waals surface area (Å²) < 4.78 is 0. The molecule has 0 saturated heterocycles. The van der Waals surface area contributed by atoms with E-state index in [1.54, 1.807) is 6.20 Å². The van der Waals surface area contributed by atoms with Crippen LogP contribution in [0.1, 0.15) is 11.1 Å². The molecule has 0 aliphatic rings. The van der Waals surface area contributed by atoms with Crippen molar-refractivity contribution in [3.63, 3.8) is 0 Å². The lowest BCUT2D eigenvalue weighted by molar-refractivity contribution is 0.938. The fourth-order valence-electron chi connectivity index (χ4n) is 0.841. The predicted octanol–water partition coefficient (Wildman–Crippen LogP) is 0.961. The highest BCUT2D eigenvalue weighted by Crippen LogP contribution is 2.01. The summed E-state index contributed by atoms with van der Waals surface area (Å²) in [6.45, 7) is 2.73. The van der Waals surface area contributed by atoms with Gasteiger partial charge in [-0.25, -0.2) is 0 Å². The molecule has 2 heteroatoms. The first-order chi connectivity index (χ1) is 5.84. The van der Waals surface area contributed by atoms with Gasteiger partial charge in [-0.05, 0) is 25.6 Å². The van der Waals surface area contributed by atoms with Crippen molar-refractivity contribution in [3.05, 3.63) is 29.6 Å². The fourth-order valence-corrected chi connectivity index (χ4v) is 0.841. The van der Waals surface area contributed by atoms with Gasteiger partial charge in [0, 0.05) is 18.0 Å². The predicted molar refractivity (Wildman–Crippen MR) is 49.8 cm³/mol. The SMILES string of the molecule is CNCC#Cc1ccncc1C. The van der Waals surface area contributed by atoms with Gasteiger partial charge in [-0.3, -0.25) is 4.98 Å². The molecular formula is C10H12N2. The highest BCUT2D eigenvalue weighted by atomic mass is 14.8. The molecule has 0 saturated carbocycles. The third kappa shape index (κ3) is 2.37. The van der Waals surface area contributed by atoms with Gasteiger partial charge in [0.15, 0.2) is 0 Å². The summed E-state index contributed by atoms with van der Waals surface area (Å²) in [6.07, 6.45) is 3.58. The largest absolute Gasteiger partial charge is 0.309 e.